The van der Waals surface area contributed by atoms with Crippen LogP contribution < -0.4 is 5.32 Å². The lowest BCUT2D eigenvalue weighted by Gasteiger charge is -2.17. The van der Waals surface area contributed by atoms with Crippen LogP contribution in [0.1, 0.15) is 47.9 Å². The molecule has 2 unspecified atom stereocenters. The normalized spacial score (nSPS) is 13.4. The molecule has 0 aliphatic carbocycles. The van der Waals surface area contributed by atoms with E-state index in [0.717, 1.165) is 11.3 Å². The minimum Gasteiger partial charge on any atom is -0.349 e. The van der Waals surface area contributed by atoms with Gasteiger partial charge in [0.2, 0.25) is 5.91 Å². The molecule has 1 aromatic heterocycles. The van der Waals surface area contributed by atoms with E-state index in [4.69, 9.17) is 0 Å². The van der Waals surface area contributed by atoms with E-state index in [2.05, 4.69) is 10.4 Å². The quantitative estimate of drug-likeness (QED) is 0.828. The lowest BCUT2D eigenvalue weighted by Crippen LogP contribution is -2.32. The van der Waals surface area contributed by atoms with Crippen LogP contribution in [-0.2, 0) is 11.8 Å². The highest BCUT2D eigenvalue weighted by Crippen LogP contribution is 2.18. The van der Waals surface area contributed by atoms with Crippen LogP contribution in [0.2, 0.25) is 0 Å². The van der Waals surface area contributed by atoms with Crippen LogP contribution in [0.4, 0.5) is 4.39 Å². The maximum absolute atomic E-state index is 13.6. The van der Waals surface area contributed by atoms with Gasteiger partial charge in [-0.05, 0) is 26.0 Å². The van der Waals surface area contributed by atoms with Gasteiger partial charge in [0, 0.05) is 31.1 Å². The van der Waals surface area contributed by atoms with Crippen molar-refractivity contribution in [2.24, 2.45) is 13.0 Å². The van der Waals surface area contributed by atoms with Crippen LogP contribution in [0.5, 0.6) is 0 Å². The van der Waals surface area contributed by atoms with Gasteiger partial charge in [-0.15, -0.1) is 0 Å². The molecule has 0 saturated carbocycles. The van der Waals surface area contributed by atoms with E-state index in [1.807, 2.05) is 27.1 Å². The zero-order chi connectivity index (χ0) is 17.9. The SMILES string of the molecule is Cc1nn(C)cc1C(C)NC(=O)C(C)CC(=O)c1ccccc1F. The fourth-order valence-electron chi connectivity index (χ4n) is 2.64. The van der Waals surface area contributed by atoms with Gasteiger partial charge in [0.1, 0.15) is 5.82 Å². The molecule has 5 nitrogen and oxygen atoms in total. The van der Waals surface area contributed by atoms with Crippen molar-refractivity contribution >= 4 is 11.7 Å². The summed E-state index contributed by atoms with van der Waals surface area (Å²) in [7, 11) is 1.82. The van der Waals surface area contributed by atoms with E-state index in [-0.39, 0.29) is 29.7 Å². The van der Waals surface area contributed by atoms with E-state index in [1.54, 1.807) is 17.7 Å². The fourth-order valence-corrected chi connectivity index (χ4v) is 2.64. The molecule has 6 heteroatoms. The molecule has 0 saturated heterocycles. The topological polar surface area (TPSA) is 64.0 Å². The highest BCUT2D eigenvalue weighted by atomic mass is 19.1. The van der Waals surface area contributed by atoms with Gasteiger partial charge in [-0.2, -0.15) is 5.10 Å². The number of aryl methyl sites for hydroxylation is 2. The number of nitrogens with one attached hydrogen (secondary N) is 1. The molecule has 24 heavy (non-hydrogen) atoms. The molecule has 2 atom stereocenters. The van der Waals surface area contributed by atoms with E-state index in [0.29, 0.717) is 0 Å². The summed E-state index contributed by atoms with van der Waals surface area (Å²) in [6.45, 7) is 5.41. The average molecular weight is 331 g/mol. The molecule has 1 aromatic carbocycles. The lowest BCUT2D eigenvalue weighted by atomic mass is 9.98. The number of Topliss-reactive ketones (excluding diaryl/α,β-unsaturated/α-hetero) is 1. The minimum absolute atomic E-state index is 0.0216. The summed E-state index contributed by atoms with van der Waals surface area (Å²) < 4.78 is 15.3. The van der Waals surface area contributed by atoms with Gasteiger partial charge in [-0.25, -0.2) is 4.39 Å². The van der Waals surface area contributed by atoms with Gasteiger partial charge >= 0.3 is 0 Å². The summed E-state index contributed by atoms with van der Waals surface area (Å²) in [6.07, 6.45) is 1.82. The van der Waals surface area contributed by atoms with E-state index >= 15 is 0 Å². The molecule has 1 N–H and O–H groups in total. The molecule has 2 rings (SSSR count). The molecule has 0 aliphatic rings. The molecular formula is C18H22FN3O2. The van der Waals surface area contributed by atoms with Crippen LogP contribution in [-0.4, -0.2) is 21.5 Å². The summed E-state index contributed by atoms with van der Waals surface area (Å²) in [5, 5.41) is 7.13. The Kier molecular flexibility index (Phi) is 5.49. The third-order valence-electron chi connectivity index (χ3n) is 3.99. The summed E-state index contributed by atoms with van der Waals surface area (Å²) in [5.41, 5.74) is 1.80. The summed E-state index contributed by atoms with van der Waals surface area (Å²) >= 11 is 0. The number of amides is 1. The van der Waals surface area contributed by atoms with Crippen molar-refractivity contribution in [1.82, 2.24) is 15.1 Å². The van der Waals surface area contributed by atoms with Crippen molar-refractivity contribution in [3.63, 3.8) is 0 Å². The number of carbonyl (C=O) groups excluding carboxylic acids is 2. The van der Waals surface area contributed by atoms with Gasteiger partial charge in [0.15, 0.2) is 5.78 Å². The zero-order valence-corrected chi connectivity index (χ0v) is 14.3. The average Bonchev–Trinajstić information content (AvgIpc) is 2.86. The Balaban J connectivity index is 1.98. The van der Waals surface area contributed by atoms with E-state index in [9.17, 15) is 14.0 Å². The second-order valence-corrected chi connectivity index (χ2v) is 6.08. The number of carbonyl (C=O) groups is 2. The van der Waals surface area contributed by atoms with Crippen molar-refractivity contribution in [2.45, 2.75) is 33.2 Å². The first-order chi connectivity index (χ1) is 11.3. The number of nitrogens with zero attached hydrogens (tertiary/aromatic N) is 2. The predicted molar refractivity (Wildman–Crippen MR) is 89.0 cm³/mol. The molecule has 1 amide bonds. The first kappa shape index (κ1) is 17.8. The number of benzene rings is 1. The highest BCUT2D eigenvalue weighted by Gasteiger charge is 2.22. The number of aromatic nitrogens is 2. The van der Waals surface area contributed by atoms with Gasteiger partial charge in [0.05, 0.1) is 17.3 Å². The minimum atomic E-state index is -0.561. The Labute approximate surface area is 140 Å². The number of hydrogen-bond donors (Lipinski definition) is 1. The second-order valence-electron chi connectivity index (χ2n) is 6.08. The molecule has 0 radical (unpaired) electrons. The Morgan fingerprint density at radius 3 is 2.54 bits per heavy atom. The third kappa shape index (κ3) is 4.07. The molecule has 0 spiro atoms. The standard InChI is InChI=1S/C18H22FN3O2/c1-11(9-17(23)14-7-5-6-8-16(14)19)18(24)20-12(2)15-10-22(4)21-13(15)3/h5-8,10-12H,9H2,1-4H3,(H,20,24). The molecule has 1 heterocycles. The maximum Gasteiger partial charge on any atom is 0.223 e. The summed E-state index contributed by atoms with van der Waals surface area (Å²) in [4.78, 5) is 24.5. The Morgan fingerprint density at radius 1 is 1.29 bits per heavy atom. The van der Waals surface area contributed by atoms with Gasteiger partial charge in [-0.3, -0.25) is 14.3 Å². The third-order valence-corrected chi connectivity index (χ3v) is 3.99. The Morgan fingerprint density at radius 2 is 1.96 bits per heavy atom. The molecule has 0 bridgehead atoms. The number of rotatable bonds is 6. The number of halogens is 1. The smallest absolute Gasteiger partial charge is 0.223 e. The van der Waals surface area contributed by atoms with Crippen molar-refractivity contribution in [1.29, 1.82) is 0 Å². The maximum atomic E-state index is 13.6. The van der Waals surface area contributed by atoms with Gasteiger partial charge in [0.25, 0.3) is 0 Å². The largest absolute Gasteiger partial charge is 0.349 e. The van der Waals surface area contributed by atoms with E-state index in [1.165, 1.54) is 18.2 Å². The molecule has 128 valence electrons. The molecule has 2 aromatic rings. The Bertz CT molecular complexity index is 754. The highest BCUT2D eigenvalue weighted by molar-refractivity contribution is 5.98. The van der Waals surface area contributed by atoms with Crippen molar-refractivity contribution in [3.8, 4) is 0 Å². The summed E-state index contributed by atoms with van der Waals surface area (Å²) in [5.74, 6) is -1.72. The Hall–Kier alpha value is -2.50. The summed E-state index contributed by atoms with van der Waals surface area (Å²) in [6, 6.07) is 5.60. The number of ketones is 1. The first-order valence-corrected chi connectivity index (χ1v) is 7.87. The van der Waals surface area contributed by atoms with Crippen LogP contribution in [0, 0.1) is 18.7 Å². The van der Waals surface area contributed by atoms with E-state index < -0.39 is 11.7 Å². The van der Waals surface area contributed by atoms with Crippen LogP contribution in [0.15, 0.2) is 30.5 Å². The number of hydrogen-bond acceptors (Lipinski definition) is 3. The van der Waals surface area contributed by atoms with Gasteiger partial charge in [-0.1, -0.05) is 19.1 Å². The van der Waals surface area contributed by atoms with Crippen LogP contribution in [0.3, 0.4) is 0 Å². The first-order valence-electron chi connectivity index (χ1n) is 7.87. The van der Waals surface area contributed by atoms with Crippen molar-refractivity contribution < 1.29 is 14.0 Å². The lowest BCUT2D eigenvalue weighted by molar-refractivity contribution is -0.125. The van der Waals surface area contributed by atoms with Crippen molar-refractivity contribution in [3.05, 3.63) is 53.1 Å². The molecular weight excluding hydrogens is 309 g/mol. The fraction of sp³-hybridized carbons (Fsp3) is 0.389. The zero-order valence-electron chi connectivity index (χ0n) is 14.3. The van der Waals surface area contributed by atoms with Gasteiger partial charge < -0.3 is 5.32 Å². The monoisotopic (exact) mass is 331 g/mol. The van der Waals surface area contributed by atoms with Crippen LogP contribution >= 0.6 is 0 Å². The molecule has 0 fully saturated rings. The molecule has 0 aliphatic heterocycles. The predicted octanol–water partition coefficient (Wildman–Crippen LogP) is 2.95. The van der Waals surface area contributed by atoms with Crippen molar-refractivity contribution in [2.75, 3.05) is 0 Å². The van der Waals surface area contributed by atoms with Crippen LogP contribution in [0.25, 0.3) is 0 Å². The second kappa shape index (κ2) is 7.38.